The predicted octanol–water partition coefficient (Wildman–Crippen LogP) is 1.50. The number of carbonyl (C=O) groups excluding carboxylic acids is 1. The molecule has 0 saturated heterocycles. The lowest BCUT2D eigenvalue weighted by molar-refractivity contribution is -0.143. The Morgan fingerprint density at radius 1 is 1.44 bits per heavy atom. The summed E-state index contributed by atoms with van der Waals surface area (Å²) in [7, 11) is 0. The van der Waals surface area contributed by atoms with E-state index >= 15 is 0 Å². The third-order valence-electron chi connectivity index (χ3n) is 1.68. The lowest BCUT2D eigenvalue weighted by Crippen LogP contribution is -2.30. The first-order chi connectivity index (χ1) is 8.26. The van der Waals surface area contributed by atoms with Crippen LogP contribution < -0.4 is 16.6 Å². The molecule has 0 spiro atoms. The van der Waals surface area contributed by atoms with E-state index in [-0.39, 0.29) is 16.9 Å². The van der Waals surface area contributed by atoms with Crippen LogP contribution >= 0.6 is 11.6 Å². The highest BCUT2D eigenvalue weighted by atomic mass is 35.5. The van der Waals surface area contributed by atoms with E-state index in [9.17, 15) is 18.0 Å². The highest BCUT2D eigenvalue weighted by Crippen LogP contribution is 2.21. The van der Waals surface area contributed by atoms with Crippen LogP contribution in [0.1, 0.15) is 12.8 Å². The number of rotatable bonds is 4. The van der Waals surface area contributed by atoms with Crippen LogP contribution in [0.15, 0.2) is 6.07 Å². The molecular formula is C8H9ClF3N5O. The van der Waals surface area contributed by atoms with Gasteiger partial charge in [0.05, 0.1) is 6.42 Å². The van der Waals surface area contributed by atoms with Gasteiger partial charge < -0.3 is 5.73 Å². The number of hydrogen-bond acceptors (Lipinski definition) is 5. The van der Waals surface area contributed by atoms with Crippen LogP contribution in [-0.2, 0) is 4.79 Å². The second-order valence-electron chi connectivity index (χ2n) is 3.22. The van der Waals surface area contributed by atoms with Gasteiger partial charge in [-0.2, -0.15) is 18.2 Å². The molecule has 0 aliphatic rings. The number of alkyl halides is 3. The fourth-order valence-corrected chi connectivity index (χ4v) is 1.14. The van der Waals surface area contributed by atoms with Crippen LogP contribution in [0.25, 0.3) is 0 Å². The average molecular weight is 284 g/mol. The highest BCUT2D eigenvalue weighted by Gasteiger charge is 2.27. The third-order valence-corrected chi connectivity index (χ3v) is 1.87. The van der Waals surface area contributed by atoms with Crippen LogP contribution in [0.4, 0.5) is 24.9 Å². The number of amides is 1. The molecule has 1 heterocycles. The number of nitrogen functional groups attached to an aromatic ring is 1. The topological polar surface area (TPSA) is 92.9 Å². The number of nitrogens with one attached hydrogen (secondary N) is 2. The Morgan fingerprint density at radius 2 is 2.11 bits per heavy atom. The van der Waals surface area contributed by atoms with Crippen molar-refractivity contribution in [2.75, 3.05) is 11.2 Å². The van der Waals surface area contributed by atoms with E-state index in [2.05, 4.69) is 15.4 Å². The molecule has 10 heteroatoms. The van der Waals surface area contributed by atoms with Crippen molar-refractivity contribution in [1.29, 1.82) is 0 Å². The van der Waals surface area contributed by atoms with Crippen LogP contribution in [0.5, 0.6) is 0 Å². The second kappa shape index (κ2) is 5.71. The summed E-state index contributed by atoms with van der Waals surface area (Å²) in [5, 5.41) is 0.0366. The minimum atomic E-state index is -4.38. The van der Waals surface area contributed by atoms with E-state index in [1.54, 1.807) is 0 Å². The van der Waals surface area contributed by atoms with Crippen molar-refractivity contribution >= 4 is 29.3 Å². The molecule has 0 radical (unpaired) electrons. The fraction of sp³-hybridized carbons (Fsp3) is 0.375. The van der Waals surface area contributed by atoms with Crippen molar-refractivity contribution in [3.05, 3.63) is 11.2 Å². The van der Waals surface area contributed by atoms with Crippen LogP contribution in [0.2, 0.25) is 5.15 Å². The van der Waals surface area contributed by atoms with Gasteiger partial charge in [-0.25, -0.2) is 4.98 Å². The van der Waals surface area contributed by atoms with E-state index in [1.807, 2.05) is 5.43 Å². The van der Waals surface area contributed by atoms with Gasteiger partial charge in [-0.3, -0.25) is 15.6 Å². The van der Waals surface area contributed by atoms with Crippen molar-refractivity contribution in [2.45, 2.75) is 19.0 Å². The summed E-state index contributed by atoms with van der Waals surface area (Å²) in [6.07, 6.45) is -6.27. The Bertz CT molecular complexity index is 419. The Morgan fingerprint density at radius 3 is 2.67 bits per heavy atom. The average Bonchev–Trinajstić information content (AvgIpc) is 2.21. The Labute approximate surface area is 105 Å². The maximum atomic E-state index is 11.8. The molecule has 1 aromatic rings. The molecule has 1 amide bonds. The SMILES string of the molecule is Nc1nc(Cl)cc(NNC(=O)CCC(F)(F)F)n1. The van der Waals surface area contributed by atoms with Gasteiger partial charge in [0.15, 0.2) is 5.82 Å². The summed E-state index contributed by atoms with van der Waals surface area (Å²) in [6, 6.07) is 1.25. The largest absolute Gasteiger partial charge is 0.389 e. The zero-order valence-electron chi connectivity index (χ0n) is 8.88. The van der Waals surface area contributed by atoms with Crippen LogP contribution in [-0.4, -0.2) is 22.1 Å². The predicted molar refractivity (Wildman–Crippen MR) is 58.5 cm³/mol. The Kier molecular flexibility index (Phi) is 4.54. The number of nitrogens with zero attached hydrogens (tertiary/aromatic N) is 2. The Hall–Kier alpha value is -1.77. The zero-order chi connectivity index (χ0) is 13.8. The van der Waals surface area contributed by atoms with Gasteiger partial charge in [-0.1, -0.05) is 11.6 Å². The van der Waals surface area contributed by atoms with Gasteiger partial charge in [0.25, 0.3) is 0 Å². The van der Waals surface area contributed by atoms with E-state index in [0.717, 1.165) is 0 Å². The van der Waals surface area contributed by atoms with Crippen LogP contribution in [0, 0.1) is 0 Å². The number of aromatic nitrogens is 2. The first-order valence-electron chi connectivity index (χ1n) is 4.68. The molecule has 0 atom stereocenters. The van der Waals surface area contributed by atoms with Crippen LogP contribution in [0.3, 0.4) is 0 Å². The van der Waals surface area contributed by atoms with Crippen molar-refractivity contribution < 1.29 is 18.0 Å². The minimum absolute atomic E-state index is 0.0366. The molecule has 0 aliphatic heterocycles. The van der Waals surface area contributed by atoms with E-state index in [4.69, 9.17) is 17.3 Å². The van der Waals surface area contributed by atoms with Gasteiger partial charge in [0.1, 0.15) is 5.15 Å². The number of nitrogens with two attached hydrogens (primary N) is 1. The summed E-state index contributed by atoms with van der Waals surface area (Å²) in [5.74, 6) is -0.886. The van der Waals surface area contributed by atoms with Gasteiger partial charge >= 0.3 is 6.18 Å². The summed E-state index contributed by atoms with van der Waals surface area (Å²) in [5.41, 5.74) is 9.59. The molecule has 4 N–H and O–H groups in total. The molecule has 0 bridgehead atoms. The Balaban J connectivity index is 2.43. The van der Waals surface area contributed by atoms with E-state index < -0.39 is 24.9 Å². The normalized spacial score (nSPS) is 11.1. The van der Waals surface area contributed by atoms with E-state index in [0.29, 0.717) is 0 Å². The molecule has 1 aromatic heterocycles. The lowest BCUT2D eigenvalue weighted by Gasteiger charge is -2.09. The molecule has 0 unspecified atom stereocenters. The summed E-state index contributed by atoms with van der Waals surface area (Å²) < 4.78 is 35.5. The minimum Gasteiger partial charge on any atom is -0.368 e. The number of anilines is 2. The van der Waals surface area contributed by atoms with E-state index in [1.165, 1.54) is 6.07 Å². The maximum Gasteiger partial charge on any atom is 0.389 e. The van der Waals surface area contributed by atoms with Gasteiger partial charge in [0.2, 0.25) is 11.9 Å². The number of hydrazine groups is 1. The molecule has 0 fully saturated rings. The number of carbonyl (C=O) groups is 1. The second-order valence-corrected chi connectivity index (χ2v) is 3.61. The molecule has 0 aromatic carbocycles. The summed E-state index contributed by atoms with van der Waals surface area (Å²) in [6.45, 7) is 0. The fourth-order valence-electron chi connectivity index (χ4n) is 0.951. The van der Waals surface area contributed by atoms with Crippen molar-refractivity contribution in [3.8, 4) is 0 Å². The van der Waals surface area contributed by atoms with Gasteiger partial charge in [-0.05, 0) is 0 Å². The first kappa shape index (κ1) is 14.3. The lowest BCUT2D eigenvalue weighted by atomic mass is 10.3. The molecule has 6 nitrogen and oxygen atoms in total. The van der Waals surface area contributed by atoms with Gasteiger partial charge in [-0.15, -0.1) is 0 Å². The van der Waals surface area contributed by atoms with Crippen molar-refractivity contribution in [3.63, 3.8) is 0 Å². The maximum absolute atomic E-state index is 11.8. The summed E-state index contributed by atoms with van der Waals surface area (Å²) >= 11 is 5.55. The third kappa shape index (κ3) is 5.53. The first-order valence-corrected chi connectivity index (χ1v) is 5.06. The van der Waals surface area contributed by atoms with Gasteiger partial charge in [0, 0.05) is 12.5 Å². The molecule has 18 heavy (non-hydrogen) atoms. The molecular weight excluding hydrogens is 275 g/mol. The molecule has 0 saturated carbocycles. The number of halogens is 4. The zero-order valence-corrected chi connectivity index (χ0v) is 9.64. The standard InChI is InChI=1S/C8H9ClF3N5O/c9-4-3-5(15-7(13)14-4)16-17-6(18)1-2-8(10,11)12/h3H,1-2H2,(H,17,18)(H3,13,14,15,16). The number of hydrogen-bond donors (Lipinski definition) is 3. The van der Waals surface area contributed by atoms with Crippen molar-refractivity contribution in [1.82, 2.24) is 15.4 Å². The molecule has 100 valence electrons. The highest BCUT2D eigenvalue weighted by molar-refractivity contribution is 6.29. The quantitative estimate of drug-likeness (QED) is 0.575. The molecule has 1 rings (SSSR count). The smallest absolute Gasteiger partial charge is 0.368 e. The molecule has 0 aliphatic carbocycles. The van der Waals surface area contributed by atoms with Crippen molar-refractivity contribution in [2.24, 2.45) is 0 Å². The summed E-state index contributed by atoms with van der Waals surface area (Å²) in [4.78, 5) is 18.3. The monoisotopic (exact) mass is 283 g/mol.